The van der Waals surface area contributed by atoms with Gasteiger partial charge in [0.25, 0.3) is 8.32 Å². The second-order valence-electron chi connectivity index (χ2n) is 8.70. The minimum absolute atomic E-state index is 0.0440. The molecule has 0 aliphatic carbocycles. The van der Waals surface area contributed by atoms with Gasteiger partial charge in [-0.2, -0.15) is 0 Å². The molecule has 158 valence electrons. The number of allylic oxidation sites excluding steroid dienone is 2. The normalized spacial score (nSPS) is 12.6. The zero-order chi connectivity index (χ0) is 21.0. The van der Waals surface area contributed by atoms with Crippen LogP contribution in [0.25, 0.3) is 0 Å². The van der Waals surface area contributed by atoms with Crippen LogP contribution < -0.4 is 10.4 Å². The average molecular weight is 411 g/mol. The third-order valence-corrected chi connectivity index (χ3v) is 10.5. The minimum atomic E-state index is -2.38. The van der Waals surface area contributed by atoms with Crippen molar-refractivity contribution in [2.24, 2.45) is 0 Å². The van der Waals surface area contributed by atoms with E-state index in [9.17, 15) is 0 Å². The first-order valence-corrected chi connectivity index (χ1v) is 12.9. The van der Waals surface area contributed by atoms with Crippen molar-refractivity contribution in [2.45, 2.75) is 64.3 Å². The maximum atomic E-state index is 8.82. The zero-order valence-corrected chi connectivity index (χ0v) is 19.4. The van der Waals surface area contributed by atoms with Gasteiger partial charge in [0.1, 0.15) is 0 Å². The lowest BCUT2D eigenvalue weighted by Gasteiger charge is -2.43. The summed E-state index contributed by atoms with van der Waals surface area (Å²) >= 11 is 0. The third-order valence-electron chi connectivity index (χ3n) is 5.45. The van der Waals surface area contributed by atoms with E-state index in [1.165, 1.54) is 10.4 Å². The van der Waals surface area contributed by atoms with Crippen molar-refractivity contribution in [2.75, 3.05) is 13.2 Å². The van der Waals surface area contributed by atoms with Gasteiger partial charge in [-0.3, -0.25) is 0 Å². The molecule has 0 spiro atoms. The van der Waals surface area contributed by atoms with Crippen LogP contribution >= 0.6 is 0 Å². The molecule has 0 unspecified atom stereocenters. The molecule has 2 aromatic carbocycles. The van der Waals surface area contributed by atoms with E-state index in [4.69, 9.17) is 9.53 Å². The van der Waals surface area contributed by atoms with Gasteiger partial charge in [-0.05, 0) is 53.9 Å². The molecule has 0 amide bonds. The Hall–Kier alpha value is -1.68. The Bertz CT molecular complexity index is 665. The van der Waals surface area contributed by atoms with Crippen LogP contribution in [-0.4, -0.2) is 26.6 Å². The number of unbranched alkanes of at least 4 members (excludes halogenated alkanes) is 4. The van der Waals surface area contributed by atoms with Crippen molar-refractivity contribution in [3.8, 4) is 0 Å². The highest BCUT2D eigenvalue weighted by Gasteiger charge is 2.49. The van der Waals surface area contributed by atoms with Crippen LogP contribution in [0, 0.1) is 0 Å². The molecule has 1 N–H and O–H groups in total. The SMILES string of the molecule is CC(C)(C)[Si](OCCCC/C=C\CCCCO)(c1ccccc1)c1ccccc1. The lowest BCUT2D eigenvalue weighted by molar-refractivity contribution is 0.285. The Morgan fingerprint density at radius 1 is 0.759 bits per heavy atom. The Balaban J connectivity index is 2.06. The highest BCUT2D eigenvalue weighted by molar-refractivity contribution is 6.99. The Labute approximate surface area is 178 Å². The fourth-order valence-corrected chi connectivity index (χ4v) is 8.57. The van der Waals surface area contributed by atoms with Crippen LogP contribution in [-0.2, 0) is 4.43 Å². The van der Waals surface area contributed by atoms with Gasteiger partial charge in [-0.25, -0.2) is 0 Å². The fraction of sp³-hybridized carbons (Fsp3) is 0.462. The van der Waals surface area contributed by atoms with Crippen molar-refractivity contribution in [1.29, 1.82) is 0 Å². The first-order chi connectivity index (χ1) is 14.0. The summed E-state index contributed by atoms with van der Waals surface area (Å²) < 4.78 is 6.91. The third kappa shape index (κ3) is 6.67. The van der Waals surface area contributed by atoms with E-state index in [0.717, 1.165) is 45.1 Å². The monoisotopic (exact) mass is 410 g/mol. The van der Waals surface area contributed by atoms with Crippen molar-refractivity contribution >= 4 is 18.7 Å². The highest BCUT2D eigenvalue weighted by Crippen LogP contribution is 2.36. The van der Waals surface area contributed by atoms with E-state index >= 15 is 0 Å². The Morgan fingerprint density at radius 3 is 1.69 bits per heavy atom. The summed E-state index contributed by atoms with van der Waals surface area (Å²) in [7, 11) is -2.38. The van der Waals surface area contributed by atoms with Gasteiger partial charge in [-0.15, -0.1) is 0 Å². The largest absolute Gasteiger partial charge is 0.407 e. The van der Waals surface area contributed by atoms with Crippen LogP contribution in [0.4, 0.5) is 0 Å². The second kappa shape index (κ2) is 12.1. The van der Waals surface area contributed by atoms with E-state index in [1.54, 1.807) is 0 Å². The van der Waals surface area contributed by atoms with Crippen LogP contribution in [0.5, 0.6) is 0 Å². The molecule has 0 atom stereocenters. The molecule has 3 heteroatoms. The summed E-state index contributed by atoms with van der Waals surface area (Å²) in [4.78, 5) is 0. The van der Waals surface area contributed by atoms with Crippen molar-refractivity contribution in [3.63, 3.8) is 0 Å². The molecule has 0 fully saturated rings. The van der Waals surface area contributed by atoms with Gasteiger partial charge < -0.3 is 9.53 Å². The molecular weight excluding hydrogens is 372 g/mol. The summed E-state index contributed by atoms with van der Waals surface area (Å²) in [5, 5.41) is 11.6. The zero-order valence-electron chi connectivity index (χ0n) is 18.4. The van der Waals surface area contributed by atoms with Gasteiger partial charge >= 0.3 is 0 Å². The maximum Gasteiger partial charge on any atom is 0.261 e. The predicted octanol–water partition coefficient (Wildman–Crippen LogP) is 5.45. The molecule has 29 heavy (non-hydrogen) atoms. The molecule has 0 aliphatic heterocycles. The first kappa shape index (κ1) is 23.6. The van der Waals surface area contributed by atoms with Gasteiger partial charge in [0.05, 0.1) is 0 Å². The van der Waals surface area contributed by atoms with E-state index in [0.29, 0.717) is 6.61 Å². The lowest BCUT2D eigenvalue weighted by Crippen LogP contribution is -2.66. The Morgan fingerprint density at radius 2 is 1.24 bits per heavy atom. The van der Waals surface area contributed by atoms with Gasteiger partial charge in [0, 0.05) is 13.2 Å². The molecule has 0 saturated heterocycles. The summed E-state index contributed by atoms with van der Waals surface area (Å²) in [5.41, 5.74) is 0. The van der Waals surface area contributed by atoms with E-state index in [2.05, 4.69) is 93.6 Å². The van der Waals surface area contributed by atoms with Crippen molar-refractivity contribution < 1.29 is 9.53 Å². The molecule has 2 rings (SSSR count). The van der Waals surface area contributed by atoms with Gasteiger partial charge in [-0.1, -0.05) is 93.6 Å². The summed E-state index contributed by atoms with van der Waals surface area (Å²) in [6, 6.07) is 21.7. The topological polar surface area (TPSA) is 29.5 Å². The minimum Gasteiger partial charge on any atom is -0.407 e. The quantitative estimate of drug-likeness (QED) is 0.286. The number of rotatable bonds is 12. The molecule has 2 aromatic rings. The standard InChI is InChI=1S/C26H38O2Si/c1-26(2,3)29(24-18-12-10-13-19-24,25-20-14-11-15-21-25)28-23-17-9-7-5-4-6-8-16-22-27/h4-5,10-15,18-21,27H,6-9,16-17,22-23H2,1-3H3/b5-4-. The fourth-order valence-electron chi connectivity index (χ4n) is 3.96. The summed E-state index contributed by atoms with van der Waals surface area (Å²) in [6.45, 7) is 8.08. The van der Waals surface area contributed by atoms with E-state index < -0.39 is 8.32 Å². The van der Waals surface area contributed by atoms with E-state index in [1.807, 2.05) is 0 Å². The number of aliphatic hydroxyl groups is 1. The molecule has 0 saturated carbocycles. The van der Waals surface area contributed by atoms with E-state index in [-0.39, 0.29) is 5.04 Å². The lowest BCUT2D eigenvalue weighted by atomic mass is 10.2. The number of benzene rings is 2. The predicted molar refractivity (Wildman–Crippen MR) is 128 cm³/mol. The molecular formula is C26H38O2Si. The number of aliphatic hydroxyl groups excluding tert-OH is 1. The van der Waals surface area contributed by atoms with Crippen molar-refractivity contribution in [1.82, 2.24) is 0 Å². The second-order valence-corrected chi connectivity index (χ2v) is 13.0. The number of hydrogen-bond donors (Lipinski definition) is 1. The van der Waals surface area contributed by atoms with Crippen LogP contribution in [0.3, 0.4) is 0 Å². The maximum absolute atomic E-state index is 8.82. The molecule has 0 bridgehead atoms. The molecule has 0 aromatic heterocycles. The molecule has 0 radical (unpaired) electrons. The molecule has 2 nitrogen and oxygen atoms in total. The van der Waals surface area contributed by atoms with Crippen LogP contribution in [0.1, 0.15) is 59.3 Å². The summed E-state index contributed by atoms with van der Waals surface area (Å²) in [6.07, 6.45) is 10.9. The molecule has 0 aliphatic rings. The van der Waals surface area contributed by atoms with Crippen LogP contribution in [0.2, 0.25) is 5.04 Å². The van der Waals surface area contributed by atoms with Gasteiger partial charge in [0.2, 0.25) is 0 Å². The van der Waals surface area contributed by atoms with Crippen molar-refractivity contribution in [3.05, 3.63) is 72.8 Å². The molecule has 0 heterocycles. The average Bonchev–Trinajstić information content (AvgIpc) is 2.72. The highest BCUT2D eigenvalue weighted by atomic mass is 28.4. The number of hydrogen-bond acceptors (Lipinski definition) is 2. The van der Waals surface area contributed by atoms with Crippen LogP contribution in [0.15, 0.2) is 72.8 Å². The first-order valence-electron chi connectivity index (χ1n) is 11.0. The summed E-state index contributed by atoms with van der Waals surface area (Å²) in [5.74, 6) is 0. The smallest absolute Gasteiger partial charge is 0.261 e. The Kier molecular flexibility index (Phi) is 9.85. The van der Waals surface area contributed by atoms with Gasteiger partial charge in [0.15, 0.2) is 0 Å².